The van der Waals surface area contributed by atoms with Crippen molar-refractivity contribution in [3.63, 3.8) is 0 Å². The Morgan fingerprint density at radius 3 is 2.33 bits per heavy atom. The van der Waals surface area contributed by atoms with Crippen LogP contribution in [0.25, 0.3) is 6.08 Å². The third-order valence-corrected chi connectivity index (χ3v) is 7.71. The summed E-state index contributed by atoms with van der Waals surface area (Å²) in [6.45, 7) is 16.0. The fourth-order valence-corrected chi connectivity index (χ4v) is 5.63. The maximum atomic E-state index is 14.5. The molecule has 2 N–H and O–H groups in total. The van der Waals surface area contributed by atoms with Crippen LogP contribution in [0.2, 0.25) is 0 Å². The number of carbonyl (C=O) groups is 3. The average Bonchev–Trinajstić information content (AvgIpc) is 2.92. The topological polar surface area (TPSA) is 87.7 Å². The zero-order valence-electron chi connectivity index (χ0n) is 27.2. The Morgan fingerprint density at radius 2 is 1.71 bits per heavy atom. The Labute approximate surface area is 255 Å². The van der Waals surface area contributed by atoms with Crippen LogP contribution in [0.3, 0.4) is 0 Å². The van der Waals surface area contributed by atoms with Gasteiger partial charge in [0.15, 0.2) is 0 Å². The van der Waals surface area contributed by atoms with Crippen molar-refractivity contribution in [2.75, 3.05) is 6.54 Å². The van der Waals surface area contributed by atoms with E-state index in [2.05, 4.69) is 24.1 Å². The molecule has 1 aliphatic rings. The third-order valence-electron chi connectivity index (χ3n) is 7.71. The van der Waals surface area contributed by atoms with Crippen LogP contribution in [0.15, 0.2) is 30.8 Å². The van der Waals surface area contributed by atoms with Crippen LogP contribution < -0.4 is 10.6 Å². The van der Waals surface area contributed by atoms with Crippen molar-refractivity contribution < 1.29 is 19.1 Å². The van der Waals surface area contributed by atoms with Crippen LogP contribution in [0.5, 0.6) is 0 Å². The highest BCUT2D eigenvalue weighted by Gasteiger charge is 2.37. The van der Waals surface area contributed by atoms with Gasteiger partial charge in [-0.15, -0.1) is 0 Å². The number of amides is 3. The minimum atomic E-state index is -0.815. The number of rotatable bonds is 16. The van der Waals surface area contributed by atoms with E-state index >= 15 is 0 Å². The lowest BCUT2D eigenvalue weighted by Gasteiger charge is -2.36. The van der Waals surface area contributed by atoms with Gasteiger partial charge >= 0.3 is 6.09 Å². The molecule has 0 spiro atoms. The molecule has 0 aliphatic heterocycles. The fourth-order valence-electron chi connectivity index (χ4n) is 5.63. The zero-order chi connectivity index (χ0) is 31.1. The van der Waals surface area contributed by atoms with E-state index in [0.29, 0.717) is 13.0 Å². The number of alkyl carbamates (subject to hydrolysis) is 1. The molecule has 2 rings (SSSR count). The molecule has 0 aromatic heterocycles. The molecule has 3 amide bonds. The van der Waals surface area contributed by atoms with E-state index in [9.17, 15) is 14.4 Å². The smallest absolute Gasteiger partial charge is 0.408 e. The second kappa shape index (κ2) is 18.0. The summed E-state index contributed by atoms with van der Waals surface area (Å²) < 4.78 is 5.53. The standard InChI is InChI=1S/C35H57N3O4/c1-8-10-11-12-13-17-23-38(33(40)30(24-26(3)4)37-34(41)42-35(5,6)7)31(28-20-18-19-27(9-2)25-28)32(39)36-29-21-15-14-16-22-29/h9,18-20,25-26,29-31H,2,8,10-17,21-24H2,1,3-7H3,(H,36,39)(H,37,41). The largest absolute Gasteiger partial charge is 0.444 e. The highest BCUT2D eigenvalue weighted by molar-refractivity contribution is 5.92. The first kappa shape index (κ1) is 35.4. The third kappa shape index (κ3) is 12.6. The number of benzene rings is 1. The number of unbranched alkanes of at least 4 members (excludes halogenated alkanes) is 5. The molecular weight excluding hydrogens is 526 g/mol. The molecule has 7 nitrogen and oxygen atoms in total. The summed E-state index contributed by atoms with van der Waals surface area (Å²) >= 11 is 0. The molecule has 0 heterocycles. The predicted molar refractivity (Wildman–Crippen MR) is 172 cm³/mol. The van der Waals surface area contributed by atoms with Gasteiger partial charge in [-0.05, 0) is 69.6 Å². The summed E-state index contributed by atoms with van der Waals surface area (Å²) in [4.78, 5) is 43.2. The molecule has 1 aromatic carbocycles. The van der Waals surface area contributed by atoms with Crippen LogP contribution in [0.1, 0.15) is 136 Å². The van der Waals surface area contributed by atoms with Crippen molar-refractivity contribution in [3.8, 4) is 0 Å². The zero-order valence-corrected chi connectivity index (χ0v) is 27.2. The van der Waals surface area contributed by atoms with Gasteiger partial charge in [-0.25, -0.2) is 4.79 Å². The number of nitrogens with zero attached hydrogens (tertiary/aromatic N) is 1. The van der Waals surface area contributed by atoms with Crippen LogP contribution in [0, 0.1) is 5.92 Å². The Morgan fingerprint density at radius 1 is 1.05 bits per heavy atom. The van der Waals surface area contributed by atoms with Crippen LogP contribution in [-0.4, -0.2) is 47.0 Å². The van der Waals surface area contributed by atoms with E-state index in [1.807, 2.05) is 38.1 Å². The number of carbonyl (C=O) groups excluding carboxylic acids is 3. The number of hydrogen-bond acceptors (Lipinski definition) is 4. The van der Waals surface area contributed by atoms with Crippen molar-refractivity contribution in [2.24, 2.45) is 5.92 Å². The SMILES string of the molecule is C=Cc1cccc(C(C(=O)NC2CCCCC2)N(CCCCCCCC)C(=O)C(CC(C)C)NC(=O)OC(C)(C)C)c1. The molecule has 0 bridgehead atoms. The van der Waals surface area contributed by atoms with Gasteiger partial charge in [0.2, 0.25) is 11.8 Å². The summed E-state index contributed by atoms with van der Waals surface area (Å²) in [6.07, 6.45) is 13.2. The number of nitrogens with one attached hydrogen (secondary N) is 2. The van der Waals surface area contributed by atoms with Crippen LogP contribution in [-0.2, 0) is 14.3 Å². The Balaban J connectivity index is 2.47. The maximum Gasteiger partial charge on any atom is 0.408 e. The van der Waals surface area contributed by atoms with Gasteiger partial charge in [0, 0.05) is 12.6 Å². The summed E-state index contributed by atoms with van der Waals surface area (Å²) in [7, 11) is 0. The molecule has 1 aliphatic carbocycles. The van der Waals surface area contributed by atoms with E-state index in [1.165, 1.54) is 19.3 Å². The molecule has 42 heavy (non-hydrogen) atoms. The van der Waals surface area contributed by atoms with Gasteiger partial charge in [-0.1, -0.05) is 103 Å². The molecule has 236 valence electrons. The molecule has 7 heteroatoms. The van der Waals surface area contributed by atoms with E-state index in [0.717, 1.165) is 62.5 Å². The van der Waals surface area contributed by atoms with E-state index in [4.69, 9.17) is 4.74 Å². The van der Waals surface area contributed by atoms with Crippen LogP contribution >= 0.6 is 0 Å². The van der Waals surface area contributed by atoms with Crippen molar-refractivity contribution in [2.45, 2.75) is 142 Å². The van der Waals surface area contributed by atoms with Crippen molar-refractivity contribution >= 4 is 24.0 Å². The highest BCUT2D eigenvalue weighted by atomic mass is 16.6. The van der Waals surface area contributed by atoms with Gasteiger partial charge in [-0.3, -0.25) is 9.59 Å². The number of hydrogen-bond donors (Lipinski definition) is 2. The lowest BCUT2D eigenvalue weighted by atomic mass is 9.94. The summed E-state index contributed by atoms with van der Waals surface area (Å²) in [5.74, 6) is -0.276. The normalized spacial score (nSPS) is 15.5. The molecule has 0 radical (unpaired) electrons. The summed E-state index contributed by atoms with van der Waals surface area (Å²) in [5, 5.41) is 6.14. The molecule has 2 unspecified atom stereocenters. The molecule has 2 atom stereocenters. The fraction of sp³-hybridized carbons (Fsp3) is 0.686. The van der Waals surface area contributed by atoms with Crippen LogP contribution in [0.4, 0.5) is 4.79 Å². The monoisotopic (exact) mass is 583 g/mol. The van der Waals surface area contributed by atoms with Crippen molar-refractivity contribution in [1.82, 2.24) is 15.5 Å². The second-order valence-electron chi connectivity index (χ2n) is 13.2. The minimum absolute atomic E-state index is 0.105. The molecule has 1 aromatic rings. The quantitative estimate of drug-likeness (QED) is 0.193. The first-order valence-corrected chi connectivity index (χ1v) is 16.3. The minimum Gasteiger partial charge on any atom is -0.444 e. The summed E-state index contributed by atoms with van der Waals surface area (Å²) in [6, 6.07) is 6.19. The summed E-state index contributed by atoms with van der Waals surface area (Å²) in [5.41, 5.74) is 0.947. The lowest BCUT2D eigenvalue weighted by Crippen LogP contribution is -2.54. The highest BCUT2D eigenvalue weighted by Crippen LogP contribution is 2.27. The second-order valence-corrected chi connectivity index (χ2v) is 13.2. The van der Waals surface area contributed by atoms with Crippen molar-refractivity contribution in [1.29, 1.82) is 0 Å². The Bertz CT molecular complexity index is 994. The maximum absolute atomic E-state index is 14.5. The van der Waals surface area contributed by atoms with Crippen molar-refractivity contribution in [3.05, 3.63) is 42.0 Å². The number of ether oxygens (including phenoxy) is 1. The predicted octanol–water partition coefficient (Wildman–Crippen LogP) is 7.95. The average molecular weight is 584 g/mol. The molecule has 0 saturated heterocycles. The van der Waals surface area contributed by atoms with Gasteiger partial charge in [0.25, 0.3) is 0 Å². The molecule has 1 saturated carbocycles. The van der Waals surface area contributed by atoms with Gasteiger partial charge in [0.05, 0.1) is 0 Å². The lowest BCUT2D eigenvalue weighted by molar-refractivity contribution is -0.143. The Kier molecular flexibility index (Phi) is 15.1. The van der Waals surface area contributed by atoms with E-state index in [1.54, 1.807) is 31.7 Å². The first-order valence-electron chi connectivity index (χ1n) is 16.3. The van der Waals surface area contributed by atoms with Gasteiger partial charge < -0.3 is 20.3 Å². The molecule has 1 fully saturated rings. The Hall–Kier alpha value is -2.83. The van der Waals surface area contributed by atoms with Gasteiger partial charge in [-0.2, -0.15) is 0 Å². The van der Waals surface area contributed by atoms with E-state index < -0.39 is 23.8 Å². The molecular formula is C35H57N3O4. The van der Waals surface area contributed by atoms with E-state index in [-0.39, 0.29) is 23.8 Å². The first-order chi connectivity index (χ1) is 19.9. The van der Waals surface area contributed by atoms with Gasteiger partial charge in [0.1, 0.15) is 17.7 Å².